The van der Waals surface area contributed by atoms with Gasteiger partial charge in [0.05, 0.1) is 0 Å². The van der Waals surface area contributed by atoms with E-state index in [-0.39, 0.29) is 5.56 Å². The van der Waals surface area contributed by atoms with Crippen LogP contribution < -0.4 is 0 Å². The van der Waals surface area contributed by atoms with Crippen LogP contribution in [0, 0.1) is 0 Å². The maximum Gasteiger partial charge on any atom is 0.321 e. The van der Waals surface area contributed by atoms with Crippen molar-refractivity contribution >= 4 is 54.9 Å². The Labute approximate surface area is 245 Å². The molecule has 0 N–H and O–H groups in total. The largest absolute Gasteiger partial charge is 0.321 e. The highest BCUT2D eigenvalue weighted by molar-refractivity contribution is 14.1. The van der Waals surface area contributed by atoms with Crippen LogP contribution in [-0.4, -0.2) is 0 Å². The lowest BCUT2D eigenvalue weighted by Gasteiger charge is -2.19. The molecule has 0 aromatic heterocycles. The summed E-state index contributed by atoms with van der Waals surface area (Å²) in [5.74, 6) is 0. The lowest BCUT2D eigenvalue weighted by molar-refractivity contribution is 0.127. The highest BCUT2D eigenvalue weighted by atomic mass is 127. The van der Waals surface area contributed by atoms with Gasteiger partial charge in [-0.2, -0.15) is 8.78 Å². The van der Waals surface area contributed by atoms with Crippen molar-refractivity contribution in [1.82, 2.24) is 0 Å². The molecule has 7 rings (SSSR count). The second-order valence-corrected chi connectivity index (χ2v) is 11.4. The third-order valence-corrected chi connectivity index (χ3v) is 8.29. The van der Waals surface area contributed by atoms with Gasteiger partial charge >= 0.3 is 3.93 Å². The quantitative estimate of drug-likeness (QED) is 0.103. The number of hydrogen-bond donors (Lipinski definition) is 0. The van der Waals surface area contributed by atoms with Gasteiger partial charge in [-0.3, -0.25) is 0 Å². The molecule has 0 saturated heterocycles. The predicted molar refractivity (Wildman–Crippen MR) is 173 cm³/mol. The molecule has 40 heavy (non-hydrogen) atoms. The van der Waals surface area contributed by atoms with Crippen molar-refractivity contribution in [2.45, 2.75) is 3.93 Å². The maximum absolute atomic E-state index is 13.9. The highest BCUT2D eigenvalue weighted by Gasteiger charge is 2.26. The molecule has 0 aliphatic carbocycles. The SMILES string of the molecule is FC(F)(I)c1ccc(-c2ccc3c(-c4ccc5ccccc5c4)c4ccccc4c(-c4ccccc4)c3c2)cc1. The van der Waals surface area contributed by atoms with E-state index in [1.54, 1.807) is 12.1 Å². The Morgan fingerprint density at radius 2 is 0.950 bits per heavy atom. The Hall–Kier alpha value is -4.09. The number of benzene rings is 7. The Balaban J connectivity index is 1.55. The van der Waals surface area contributed by atoms with Crippen LogP contribution in [0.25, 0.3) is 65.7 Å². The van der Waals surface area contributed by atoms with E-state index in [0.717, 1.165) is 27.5 Å². The van der Waals surface area contributed by atoms with E-state index in [4.69, 9.17) is 0 Å². The summed E-state index contributed by atoms with van der Waals surface area (Å²) in [6.07, 6.45) is 0. The van der Waals surface area contributed by atoms with Crippen LogP contribution in [0.5, 0.6) is 0 Å². The molecule has 7 aromatic carbocycles. The standard InChI is InChI=1S/C37H23F2I/c38-37(39,40)30-19-16-25(17-20-30)28-18-21-33-34(23-28)35(26-9-2-1-3-10-26)31-12-6-7-13-32(31)36(33)29-15-14-24-8-4-5-11-27(24)22-29/h1-23H. The normalized spacial score (nSPS) is 11.9. The first-order valence-corrected chi connectivity index (χ1v) is 14.3. The predicted octanol–water partition coefficient (Wildman–Crippen LogP) is 11.6. The number of rotatable bonds is 4. The molecule has 7 aromatic rings. The van der Waals surface area contributed by atoms with Gasteiger partial charge in [0.2, 0.25) is 0 Å². The molecule has 0 heterocycles. The van der Waals surface area contributed by atoms with Crippen LogP contribution in [0.4, 0.5) is 8.78 Å². The lowest BCUT2D eigenvalue weighted by atomic mass is 9.84. The van der Waals surface area contributed by atoms with Crippen molar-refractivity contribution in [1.29, 1.82) is 0 Å². The minimum Gasteiger partial charge on any atom is -0.189 e. The summed E-state index contributed by atoms with van der Waals surface area (Å²) in [5.41, 5.74) is 6.59. The van der Waals surface area contributed by atoms with Crippen LogP contribution >= 0.6 is 22.6 Å². The summed E-state index contributed by atoms with van der Waals surface area (Å²) in [5, 5.41) is 7.09. The Morgan fingerprint density at radius 3 is 1.65 bits per heavy atom. The van der Waals surface area contributed by atoms with Gasteiger partial charge in [0, 0.05) is 28.2 Å². The van der Waals surface area contributed by atoms with E-state index in [9.17, 15) is 8.78 Å². The molecule has 0 radical (unpaired) electrons. The van der Waals surface area contributed by atoms with Gasteiger partial charge in [0.15, 0.2) is 0 Å². The molecule has 0 spiro atoms. The van der Waals surface area contributed by atoms with Gasteiger partial charge in [-0.25, -0.2) is 0 Å². The Kier molecular flexibility index (Phi) is 6.12. The summed E-state index contributed by atoms with van der Waals surface area (Å²) in [6.45, 7) is 0. The van der Waals surface area contributed by atoms with Crippen LogP contribution in [-0.2, 0) is 3.93 Å². The number of fused-ring (bicyclic) bond motifs is 3. The number of hydrogen-bond acceptors (Lipinski definition) is 0. The molecular formula is C37H23F2I. The molecule has 0 saturated carbocycles. The van der Waals surface area contributed by atoms with Gasteiger partial charge in [0.25, 0.3) is 0 Å². The molecule has 0 atom stereocenters. The average Bonchev–Trinajstić information content (AvgIpc) is 2.99. The van der Waals surface area contributed by atoms with Crippen molar-refractivity contribution in [3.8, 4) is 33.4 Å². The third-order valence-electron chi connectivity index (χ3n) is 7.67. The second kappa shape index (κ2) is 9.83. The number of alkyl halides is 3. The van der Waals surface area contributed by atoms with E-state index in [2.05, 4.69) is 109 Å². The van der Waals surface area contributed by atoms with E-state index < -0.39 is 3.93 Å². The van der Waals surface area contributed by atoms with Crippen molar-refractivity contribution in [2.75, 3.05) is 0 Å². The summed E-state index contributed by atoms with van der Waals surface area (Å²) in [6, 6.07) is 47.3. The monoisotopic (exact) mass is 632 g/mol. The molecule has 0 bridgehead atoms. The van der Waals surface area contributed by atoms with Gasteiger partial charge in [-0.15, -0.1) is 0 Å². The molecule has 0 aliphatic heterocycles. The first kappa shape index (κ1) is 24.9. The molecule has 0 aliphatic rings. The van der Waals surface area contributed by atoms with Crippen molar-refractivity contribution in [2.24, 2.45) is 0 Å². The van der Waals surface area contributed by atoms with Crippen LogP contribution in [0.1, 0.15) is 5.56 Å². The fourth-order valence-electron chi connectivity index (χ4n) is 5.78. The van der Waals surface area contributed by atoms with Crippen molar-refractivity contribution in [3.05, 3.63) is 145 Å². The summed E-state index contributed by atoms with van der Waals surface area (Å²) in [4.78, 5) is 0. The van der Waals surface area contributed by atoms with E-state index >= 15 is 0 Å². The molecule has 0 fully saturated rings. The fraction of sp³-hybridized carbons (Fsp3) is 0.0270. The first-order chi connectivity index (χ1) is 19.5. The highest BCUT2D eigenvalue weighted by Crippen LogP contribution is 2.45. The van der Waals surface area contributed by atoms with E-state index in [1.807, 2.05) is 6.07 Å². The average molecular weight is 632 g/mol. The molecule has 192 valence electrons. The van der Waals surface area contributed by atoms with Crippen LogP contribution in [0.2, 0.25) is 0 Å². The van der Waals surface area contributed by atoms with Crippen molar-refractivity contribution in [3.63, 3.8) is 0 Å². The Morgan fingerprint density at radius 1 is 0.400 bits per heavy atom. The minimum atomic E-state index is -2.90. The van der Waals surface area contributed by atoms with Crippen LogP contribution in [0.15, 0.2) is 140 Å². The summed E-state index contributed by atoms with van der Waals surface area (Å²) >= 11 is 1.18. The smallest absolute Gasteiger partial charge is 0.189 e. The zero-order chi connectivity index (χ0) is 27.3. The summed E-state index contributed by atoms with van der Waals surface area (Å²) in [7, 11) is 0. The zero-order valence-corrected chi connectivity index (χ0v) is 23.6. The molecule has 3 heteroatoms. The first-order valence-electron chi connectivity index (χ1n) is 13.2. The van der Waals surface area contributed by atoms with Gasteiger partial charge in [-0.05, 0) is 77.8 Å². The Bertz CT molecular complexity index is 2020. The number of halogens is 3. The van der Waals surface area contributed by atoms with Crippen LogP contribution in [0.3, 0.4) is 0 Å². The summed E-state index contributed by atoms with van der Waals surface area (Å²) < 4.78 is 24.9. The molecule has 0 amide bonds. The van der Waals surface area contributed by atoms with Gasteiger partial charge in [0.1, 0.15) is 0 Å². The lowest BCUT2D eigenvalue weighted by Crippen LogP contribution is -2.01. The molecular weight excluding hydrogens is 609 g/mol. The maximum atomic E-state index is 13.9. The fourth-order valence-corrected chi connectivity index (χ4v) is 6.14. The van der Waals surface area contributed by atoms with E-state index in [1.165, 1.54) is 73.0 Å². The second-order valence-electron chi connectivity index (χ2n) is 10.1. The molecule has 0 nitrogen and oxygen atoms in total. The van der Waals surface area contributed by atoms with Gasteiger partial charge in [-0.1, -0.05) is 127 Å². The minimum absolute atomic E-state index is 0.00666. The van der Waals surface area contributed by atoms with Crippen molar-refractivity contribution < 1.29 is 8.78 Å². The zero-order valence-electron chi connectivity index (χ0n) is 21.4. The molecule has 0 unspecified atom stereocenters. The third kappa shape index (κ3) is 4.35. The van der Waals surface area contributed by atoms with Gasteiger partial charge < -0.3 is 0 Å². The topological polar surface area (TPSA) is 0 Å². The van der Waals surface area contributed by atoms with E-state index in [0.29, 0.717) is 0 Å².